The minimum Gasteiger partial charge on any atom is -0.378 e. The van der Waals surface area contributed by atoms with Crippen molar-refractivity contribution in [3.8, 4) is 0 Å². The molecular formula is C21H19N5O2S. The van der Waals surface area contributed by atoms with E-state index in [4.69, 9.17) is 21.6 Å². The van der Waals surface area contributed by atoms with E-state index in [2.05, 4.69) is 44.0 Å². The molecule has 0 saturated carbocycles. The molecule has 4 aromatic rings. The monoisotopic (exact) mass is 405 g/mol. The Morgan fingerprint density at radius 3 is 2.52 bits per heavy atom. The van der Waals surface area contributed by atoms with Crippen molar-refractivity contribution in [3.05, 3.63) is 54.6 Å². The summed E-state index contributed by atoms with van der Waals surface area (Å²) in [5.74, 6) is 0. The summed E-state index contributed by atoms with van der Waals surface area (Å²) in [6.07, 6.45) is 0. The molecule has 1 fully saturated rings. The summed E-state index contributed by atoms with van der Waals surface area (Å²) >= 11 is 5.55. The zero-order valence-electron chi connectivity index (χ0n) is 15.6. The molecule has 2 N–H and O–H groups in total. The zero-order chi connectivity index (χ0) is 19.6. The quantitative estimate of drug-likeness (QED) is 0.495. The first-order valence-electron chi connectivity index (χ1n) is 9.43. The number of hydrogen-bond acceptors (Lipinski definition) is 6. The highest BCUT2D eigenvalue weighted by atomic mass is 32.1. The van der Waals surface area contributed by atoms with Gasteiger partial charge >= 0.3 is 0 Å². The number of thiocarbonyl (C=S) groups is 1. The van der Waals surface area contributed by atoms with Crippen molar-refractivity contribution in [2.75, 3.05) is 41.8 Å². The third kappa shape index (κ3) is 3.48. The van der Waals surface area contributed by atoms with Gasteiger partial charge in [0.25, 0.3) is 0 Å². The summed E-state index contributed by atoms with van der Waals surface area (Å²) in [4.78, 5) is 2.23. The highest BCUT2D eigenvalue weighted by Gasteiger charge is 2.19. The van der Waals surface area contributed by atoms with Gasteiger partial charge in [0.15, 0.2) is 16.1 Å². The molecule has 3 aromatic carbocycles. The number of morpholine rings is 1. The molecule has 146 valence electrons. The summed E-state index contributed by atoms with van der Waals surface area (Å²) in [5, 5.41) is 17.5. The first-order chi connectivity index (χ1) is 14.3. The lowest BCUT2D eigenvalue weighted by Crippen LogP contribution is -2.36. The van der Waals surface area contributed by atoms with Crippen LogP contribution in [0.1, 0.15) is 0 Å². The van der Waals surface area contributed by atoms with Gasteiger partial charge in [0.1, 0.15) is 0 Å². The molecule has 8 heteroatoms. The first-order valence-corrected chi connectivity index (χ1v) is 9.84. The van der Waals surface area contributed by atoms with Crippen LogP contribution in [0, 0.1) is 0 Å². The normalized spacial score (nSPS) is 14.3. The number of nitrogens with zero attached hydrogens (tertiary/aromatic N) is 3. The molecule has 0 unspecified atom stereocenters. The van der Waals surface area contributed by atoms with Gasteiger partial charge in [-0.1, -0.05) is 36.4 Å². The lowest BCUT2D eigenvalue weighted by molar-refractivity contribution is 0.123. The largest absolute Gasteiger partial charge is 0.378 e. The van der Waals surface area contributed by atoms with Gasteiger partial charge in [-0.25, -0.2) is 4.63 Å². The third-order valence-electron chi connectivity index (χ3n) is 5.03. The number of nitrogens with one attached hydrogen (secondary N) is 2. The van der Waals surface area contributed by atoms with Crippen molar-refractivity contribution in [3.63, 3.8) is 0 Å². The summed E-state index contributed by atoms with van der Waals surface area (Å²) in [6, 6.07) is 18.2. The lowest BCUT2D eigenvalue weighted by Gasteiger charge is -2.28. The molecule has 0 bridgehead atoms. The highest BCUT2D eigenvalue weighted by molar-refractivity contribution is 7.80. The Morgan fingerprint density at radius 1 is 0.862 bits per heavy atom. The van der Waals surface area contributed by atoms with Crippen molar-refractivity contribution in [1.29, 1.82) is 0 Å². The number of rotatable bonds is 3. The van der Waals surface area contributed by atoms with E-state index in [9.17, 15) is 0 Å². The number of benzene rings is 3. The lowest BCUT2D eigenvalue weighted by atomic mass is 10.1. The van der Waals surface area contributed by atoms with E-state index in [1.165, 1.54) is 0 Å². The fourth-order valence-corrected chi connectivity index (χ4v) is 3.84. The maximum atomic E-state index is 5.55. The van der Waals surface area contributed by atoms with Crippen LogP contribution < -0.4 is 15.5 Å². The molecule has 5 rings (SSSR count). The molecule has 0 atom stereocenters. The fourth-order valence-electron chi connectivity index (χ4n) is 3.62. The second kappa shape index (κ2) is 7.65. The standard InChI is InChI=1S/C21H19N5O2S/c29-21(22-16-7-3-5-14-4-1-2-6-15(14)16)23-17-8-9-18(20-19(17)24-28-25-20)26-10-12-27-13-11-26/h1-9H,10-13H2,(H2,22,23,29). The SMILES string of the molecule is S=C(Nc1cccc2ccccc12)Nc1ccc(N2CCOCC2)c2nonc12. The van der Waals surface area contributed by atoms with Crippen LogP contribution >= 0.6 is 12.2 Å². The molecule has 7 nitrogen and oxygen atoms in total. The van der Waals surface area contributed by atoms with Gasteiger partial charge in [-0.15, -0.1) is 0 Å². The van der Waals surface area contributed by atoms with Crippen LogP contribution in [0.5, 0.6) is 0 Å². The molecule has 0 spiro atoms. The van der Waals surface area contributed by atoms with E-state index >= 15 is 0 Å². The van der Waals surface area contributed by atoms with Gasteiger partial charge in [0, 0.05) is 24.2 Å². The van der Waals surface area contributed by atoms with Crippen LogP contribution in [-0.2, 0) is 4.74 Å². The second-order valence-electron chi connectivity index (χ2n) is 6.80. The minimum absolute atomic E-state index is 0.477. The fraction of sp³-hybridized carbons (Fsp3) is 0.190. The topological polar surface area (TPSA) is 75.5 Å². The Balaban J connectivity index is 1.40. The van der Waals surface area contributed by atoms with Gasteiger partial charge in [-0.3, -0.25) is 0 Å². The van der Waals surface area contributed by atoms with E-state index in [1.54, 1.807) is 0 Å². The predicted octanol–water partition coefficient (Wildman–Crippen LogP) is 4.02. The summed E-state index contributed by atoms with van der Waals surface area (Å²) in [6.45, 7) is 3.03. The summed E-state index contributed by atoms with van der Waals surface area (Å²) in [5.41, 5.74) is 4.04. The van der Waals surface area contributed by atoms with Crippen molar-refractivity contribution >= 4 is 56.2 Å². The molecule has 1 saturated heterocycles. The van der Waals surface area contributed by atoms with E-state index in [0.717, 1.165) is 40.9 Å². The second-order valence-corrected chi connectivity index (χ2v) is 7.21. The predicted molar refractivity (Wildman–Crippen MR) is 119 cm³/mol. The molecule has 1 aliphatic heterocycles. The molecule has 1 aliphatic rings. The first kappa shape index (κ1) is 17.8. The van der Waals surface area contributed by atoms with Gasteiger partial charge in [-0.2, -0.15) is 0 Å². The van der Waals surface area contributed by atoms with Gasteiger partial charge in [-0.05, 0) is 46.1 Å². The number of anilines is 3. The Labute approximate surface area is 172 Å². The number of aromatic nitrogens is 2. The zero-order valence-corrected chi connectivity index (χ0v) is 16.4. The average Bonchev–Trinajstić information content (AvgIpc) is 3.25. The molecule has 0 amide bonds. The van der Waals surface area contributed by atoms with Crippen LogP contribution in [0.25, 0.3) is 21.8 Å². The van der Waals surface area contributed by atoms with Gasteiger partial charge < -0.3 is 20.3 Å². The maximum Gasteiger partial charge on any atom is 0.175 e. The van der Waals surface area contributed by atoms with E-state index in [-0.39, 0.29) is 0 Å². The molecule has 0 aliphatic carbocycles. The summed E-state index contributed by atoms with van der Waals surface area (Å²) < 4.78 is 10.5. The Hall–Kier alpha value is -3.23. The Morgan fingerprint density at radius 2 is 1.62 bits per heavy atom. The van der Waals surface area contributed by atoms with Gasteiger partial charge in [0.2, 0.25) is 0 Å². The highest BCUT2D eigenvalue weighted by Crippen LogP contribution is 2.31. The van der Waals surface area contributed by atoms with Crippen LogP contribution in [0.3, 0.4) is 0 Å². The third-order valence-corrected chi connectivity index (χ3v) is 5.24. The van der Waals surface area contributed by atoms with Crippen molar-refractivity contribution in [2.45, 2.75) is 0 Å². The van der Waals surface area contributed by atoms with Crippen LogP contribution in [0.15, 0.2) is 59.2 Å². The average molecular weight is 405 g/mol. The van der Waals surface area contributed by atoms with Crippen LogP contribution in [0.2, 0.25) is 0 Å². The molecule has 0 radical (unpaired) electrons. The summed E-state index contributed by atoms with van der Waals surface area (Å²) in [7, 11) is 0. The molecule has 29 heavy (non-hydrogen) atoms. The number of fused-ring (bicyclic) bond motifs is 2. The van der Waals surface area contributed by atoms with Crippen molar-refractivity contribution in [1.82, 2.24) is 10.3 Å². The molecule has 1 aromatic heterocycles. The number of hydrogen-bond donors (Lipinski definition) is 2. The minimum atomic E-state index is 0.477. The van der Waals surface area contributed by atoms with Crippen molar-refractivity contribution < 1.29 is 9.37 Å². The molecule has 2 heterocycles. The van der Waals surface area contributed by atoms with Crippen LogP contribution in [0.4, 0.5) is 17.1 Å². The van der Waals surface area contributed by atoms with Crippen molar-refractivity contribution in [2.24, 2.45) is 0 Å². The van der Waals surface area contributed by atoms with E-state index < -0.39 is 0 Å². The smallest absolute Gasteiger partial charge is 0.175 e. The Bertz CT molecular complexity index is 1180. The van der Waals surface area contributed by atoms with E-state index in [0.29, 0.717) is 29.4 Å². The maximum absolute atomic E-state index is 5.55. The van der Waals surface area contributed by atoms with Gasteiger partial charge in [0.05, 0.1) is 24.6 Å². The van der Waals surface area contributed by atoms with E-state index in [1.807, 2.05) is 36.4 Å². The number of ether oxygens (including phenoxy) is 1. The van der Waals surface area contributed by atoms with Crippen LogP contribution in [-0.4, -0.2) is 41.7 Å². The Kier molecular flexibility index (Phi) is 4.71. The molecular weight excluding hydrogens is 386 g/mol.